The van der Waals surface area contributed by atoms with E-state index in [1.54, 1.807) is 12.3 Å². The molecule has 0 bridgehead atoms. The lowest BCUT2D eigenvalue weighted by molar-refractivity contribution is -0.143. The average Bonchev–Trinajstić information content (AvgIpc) is 2.68. The molecular weight excluding hydrogens is 352 g/mol. The van der Waals surface area contributed by atoms with Gasteiger partial charge in [0.1, 0.15) is 6.54 Å². The predicted octanol–water partition coefficient (Wildman–Crippen LogP) is 1.76. The Morgan fingerprint density at radius 2 is 2.00 bits per heavy atom. The molecular formula is C15H19BrN2O4. The maximum absolute atomic E-state index is 12.1. The molecule has 1 amide bonds. The van der Waals surface area contributed by atoms with Gasteiger partial charge in [-0.05, 0) is 34.8 Å². The van der Waals surface area contributed by atoms with Crippen LogP contribution in [-0.4, -0.2) is 27.6 Å². The number of hydrogen-bond donors (Lipinski definition) is 2. The van der Waals surface area contributed by atoms with Crippen LogP contribution >= 0.6 is 15.9 Å². The maximum atomic E-state index is 12.1. The Labute approximate surface area is 136 Å². The third-order valence-corrected chi connectivity index (χ3v) is 4.41. The number of carboxylic acids is 1. The quantitative estimate of drug-likeness (QED) is 0.790. The Kier molecular flexibility index (Phi) is 5.76. The fourth-order valence-corrected chi connectivity index (χ4v) is 3.19. The Morgan fingerprint density at radius 1 is 1.27 bits per heavy atom. The Bertz CT molecular complexity index is 614. The number of carbonyl (C=O) groups is 2. The number of hydrogen-bond acceptors (Lipinski definition) is 3. The van der Waals surface area contributed by atoms with Gasteiger partial charge in [0.2, 0.25) is 5.91 Å². The molecule has 6 nitrogen and oxygen atoms in total. The van der Waals surface area contributed by atoms with E-state index in [1.807, 2.05) is 0 Å². The van der Waals surface area contributed by atoms with Crippen LogP contribution in [0.3, 0.4) is 0 Å². The van der Waals surface area contributed by atoms with Crippen molar-refractivity contribution in [2.45, 2.75) is 44.7 Å². The van der Waals surface area contributed by atoms with Crippen molar-refractivity contribution in [2.24, 2.45) is 5.92 Å². The maximum Gasteiger partial charge on any atom is 0.308 e. The van der Waals surface area contributed by atoms with Gasteiger partial charge >= 0.3 is 5.97 Å². The van der Waals surface area contributed by atoms with Crippen molar-refractivity contribution < 1.29 is 14.7 Å². The summed E-state index contributed by atoms with van der Waals surface area (Å²) in [7, 11) is 0. The molecule has 0 aliphatic heterocycles. The normalized spacial score (nSPS) is 21.9. The van der Waals surface area contributed by atoms with Crippen molar-refractivity contribution in [3.05, 3.63) is 33.2 Å². The molecule has 2 atom stereocenters. The summed E-state index contributed by atoms with van der Waals surface area (Å²) in [5.41, 5.74) is -0.269. The van der Waals surface area contributed by atoms with E-state index in [9.17, 15) is 19.5 Å². The first-order chi connectivity index (χ1) is 10.5. The number of aliphatic carboxylic acids is 1. The summed E-state index contributed by atoms with van der Waals surface area (Å²) in [5, 5.41) is 12.1. The fraction of sp³-hybridized carbons (Fsp3) is 0.533. The number of pyridine rings is 1. The van der Waals surface area contributed by atoms with Crippen LogP contribution < -0.4 is 10.9 Å². The van der Waals surface area contributed by atoms with Gasteiger partial charge in [-0.15, -0.1) is 0 Å². The molecule has 1 fully saturated rings. The molecule has 1 aromatic rings. The zero-order chi connectivity index (χ0) is 16.1. The number of aromatic nitrogens is 1. The first kappa shape index (κ1) is 16.7. The number of carbonyl (C=O) groups excluding carboxylic acids is 1. The zero-order valence-electron chi connectivity index (χ0n) is 12.1. The minimum absolute atomic E-state index is 0.110. The molecule has 2 rings (SSSR count). The third kappa shape index (κ3) is 4.43. The number of nitrogens with zero attached hydrogens (tertiary/aromatic N) is 1. The van der Waals surface area contributed by atoms with Gasteiger partial charge in [-0.2, -0.15) is 0 Å². The van der Waals surface area contributed by atoms with Gasteiger partial charge in [0.05, 0.1) is 5.92 Å². The number of amides is 1. The molecule has 1 heterocycles. The highest BCUT2D eigenvalue weighted by Crippen LogP contribution is 2.23. The van der Waals surface area contributed by atoms with Crippen molar-refractivity contribution in [2.75, 3.05) is 0 Å². The fourth-order valence-electron chi connectivity index (χ4n) is 2.81. The van der Waals surface area contributed by atoms with Crippen LogP contribution in [0, 0.1) is 5.92 Å². The van der Waals surface area contributed by atoms with Gasteiger partial charge < -0.3 is 15.0 Å². The van der Waals surface area contributed by atoms with Gasteiger partial charge in [0.15, 0.2) is 0 Å². The second-order valence-electron chi connectivity index (χ2n) is 5.57. The molecule has 0 aromatic carbocycles. The minimum Gasteiger partial charge on any atom is -0.481 e. The van der Waals surface area contributed by atoms with Crippen molar-refractivity contribution in [1.29, 1.82) is 0 Å². The second-order valence-corrected chi connectivity index (χ2v) is 6.49. The van der Waals surface area contributed by atoms with Gasteiger partial charge in [-0.3, -0.25) is 14.4 Å². The lowest BCUT2D eigenvalue weighted by atomic mass is 9.95. The van der Waals surface area contributed by atoms with Crippen molar-refractivity contribution >= 4 is 27.8 Å². The van der Waals surface area contributed by atoms with Crippen LogP contribution in [-0.2, 0) is 16.1 Å². The molecule has 0 saturated heterocycles. The van der Waals surface area contributed by atoms with Crippen LogP contribution in [0.4, 0.5) is 0 Å². The standard InChI is InChI=1S/C15H19BrN2O4/c16-10-6-7-14(20)18(8-10)9-13(19)17-12-5-3-1-2-4-11(12)15(21)22/h6-8,11-12H,1-5,9H2,(H,17,19)(H,21,22)/t11-,12+/m1/s1. The lowest BCUT2D eigenvalue weighted by Crippen LogP contribution is -2.44. The largest absolute Gasteiger partial charge is 0.481 e. The molecule has 1 saturated carbocycles. The summed E-state index contributed by atoms with van der Waals surface area (Å²) < 4.78 is 2.00. The van der Waals surface area contributed by atoms with E-state index in [2.05, 4.69) is 21.2 Å². The van der Waals surface area contributed by atoms with E-state index in [4.69, 9.17) is 0 Å². The Hall–Kier alpha value is -1.63. The molecule has 1 aromatic heterocycles. The summed E-state index contributed by atoms with van der Waals surface area (Å²) in [5.74, 6) is -1.75. The van der Waals surface area contributed by atoms with Crippen LogP contribution in [0.1, 0.15) is 32.1 Å². The average molecular weight is 371 g/mol. The summed E-state index contributed by atoms with van der Waals surface area (Å²) in [6.45, 7) is -0.110. The highest BCUT2D eigenvalue weighted by molar-refractivity contribution is 9.10. The number of carboxylic acid groups (broad SMARTS) is 1. The van der Waals surface area contributed by atoms with Crippen LogP contribution in [0.5, 0.6) is 0 Å². The molecule has 22 heavy (non-hydrogen) atoms. The minimum atomic E-state index is -0.869. The summed E-state index contributed by atoms with van der Waals surface area (Å²) in [6.07, 6.45) is 5.55. The number of rotatable bonds is 4. The topological polar surface area (TPSA) is 88.4 Å². The highest BCUT2D eigenvalue weighted by atomic mass is 79.9. The number of halogens is 1. The molecule has 7 heteroatoms. The van der Waals surface area contributed by atoms with Gasteiger partial charge in [-0.1, -0.05) is 19.3 Å². The SMILES string of the molecule is O=C(Cn1cc(Br)ccc1=O)N[C@H]1CCCCC[C@H]1C(=O)O. The lowest BCUT2D eigenvalue weighted by Gasteiger charge is -2.23. The molecule has 0 radical (unpaired) electrons. The van der Waals surface area contributed by atoms with E-state index in [0.29, 0.717) is 17.3 Å². The molecule has 0 spiro atoms. The molecule has 1 aliphatic rings. The van der Waals surface area contributed by atoms with Gasteiger partial charge in [0, 0.05) is 22.8 Å². The van der Waals surface area contributed by atoms with Crippen molar-refractivity contribution in [3.63, 3.8) is 0 Å². The summed E-state index contributed by atoms with van der Waals surface area (Å²) >= 11 is 3.25. The first-order valence-corrected chi connectivity index (χ1v) is 8.15. The molecule has 2 N–H and O–H groups in total. The zero-order valence-corrected chi connectivity index (χ0v) is 13.7. The second kappa shape index (κ2) is 7.58. The van der Waals surface area contributed by atoms with E-state index < -0.39 is 11.9 Å². The Morgan fingerprint density at radius 3 is 2.73 bits per heavy atom. The first-order valence-electron chi connectivity index (χ1n) is 7.35. The van der Waals surface area contributed by atoms with E-state index in [-0.39, 0.29) is 24.1 Å². The monoisotopic (exact) mass is 370 g/mol. The highest BCUT2D eigenvalue weighted by Gasteiger charge is 2.30. The van der Waals surface area contributed by atoms with Crippen LogP contribution in [0.25, 0.3) is 0 Å². The van der Waals surface area contributed by atoms with Crippen molar-refractivity contribution in [3.8, 4) is 0 Å². The summed E-state index contributed by atoms with van der Waals surface area (Å²) in [4.78, 5) is 35.2. The smallest absolute Gasteiger partial charge is 0.308 e. The summed E-state index contributed by atoms with van der Waals surface area (Å²) in [6, 6.07) is 2.63. The number of nitrogens with one attached hydrogen (secondary N) is 1. The van der Waals surface area contributed by atoms with E-state index in [0.717, 1.165) is 19.3 Å². The van der Waals surface area contributed by atoms with Crippen LogP contribution in [0.2, 0.25) is 0 Å². The third-order valence-electron chi connectivity index (χ3n) is 3.94. The van der Waals surface area contributed by atoms with E-state index in [1.165, 1.54) is 10.6 Å². The van der Waals surface area contributed by atoms with Crippen LogP contribution in [0.15, 0.2) is 27.6 Å². The Balaban J connectivity index is 2.04. The predicted molar refractivity (Wildman–Crippen MR) is 84.5 cm³/mol. The molecule has 1 aliphatic carbocycles. The van der Waals surface area contributed by atoms with Gasteiger partial charge in [0.25, 0.3) is 5.56 Å². The van der Waals surface area contributed by atoms with Crippen molar-refractivity contribution in [1.82, 2.24) is 9.88 Å². The van der Waals surface area contributed by atoms with Gasteiger partial charge in [-0.25, -0.2) is 0 Å². The molecule has 0 unspecified atom stereocenters. The molecule has 120 valence electrons. The van der Waals surface area contributed by atoms with E-state index >= 15 is 0 Å².